The standard InChI is InChI=1S/C4H4N3O/c5-4(8)3-1-2-6-7-3/h1-2,5H,(H,6,7). The average Bonchev–Trinajstić information content (AvgIpc) is 2.12. The predicted octanol–water partition coefficient (Wildman–Crippen LogP) is -0.167. The van der Waals surface area contributed by atoms with Gasteiger partial charge in [-0.3, -0.25) is 15.6 Å². The number of aromatic amines is 1. The van der Waals surface area contributed by atoms with Gasteiger partial charge in [0, 0.05) is 6.20 Å². The molecule has 0 aliphatic carbocycles. The lowest BCUT2D eigenvalue weighted by Crippen LogP contribution is -1.98. The van der Waals surface area contributed by atoms with E-state index in [4.69, 9.17) is 5.73 Å². The second-order valence-corrected chi connectivity index (χ2v) is 1.30. The zero-order valence-corrected chi connectivity index (χ0v) is 4.01. The molecule has 0 atom stereocenters. The Morgan fingerprint density at radius 2 is 2.62 bits per heavy atom. The molecule has 0 spiro atoms. The van der Waals surface area contributed by atoms with E-state index in [1.165, 1.54) is 12.3 Å². The lowest BCUT2D eigenvalue weighted by molar-refractivity contribution is 0.0987. The number of amides is 1. The van der Waals surface area contributed by atoms with Crippen molar-refractivity contribution in [3.8, 4) is 0 Å². The van der Waals surface area contributed by atoms with Gasteiger partial charge in [-0.05, 0) is 6.07 Å². The Labute approximate surface area is 45.7 Å². The Hall–Kier alpha value is -1.32. The van der Waals surface area contributed by atoms with Gasteiger partial charge in [0.2, 0.25) is 0 Å². The summed E-state index contributed by atoms with van der Waals surface area (Å²) in [5.41, 5.74) is 6.75. The van der Waals surface area contributed by atoms with Crippen LogP contribution in [-0.4, -0.2) is 16.1 Å². The van der Waals surface area contributed by atoms with Crippen LogP contribution in [0.1, 0.15) is 10.5 Å². The highest BCUT2D eigenvalue weighted by atomic mass is 16.1. The Morgan fingerprint density at radius 1 is 1.88 bits per heavy atom. The second kappa shape index (κ2) is 1.65. The van der Waals surface area contributed by atoms with Gasteiger partial charge >= 0.3 is 0 Å². The molecule has 4 nitrogen and oxygen atoms in total. The van der Waals surface area contributed by atoms with Crippen molar-refractivity contribution in [3.63, 3.8) is 0 Å². The van der Waals surface area contributed by atoms with E-state index in [-0.39, 0.29) is 5.69 Å². The molecule has 0 saturated heterocycles. The fraction of sp³-hybridized carbons (Fsp3) is 0. The number of carbonyl (C=O) groups is 1. The highest BCUT2D eigenvalue weighted by molar-refractivity contribution is 5.89. The van der Waals surface area contributed by atoms with Crippen LogP contribution in [0.15, 0.2) is 12.3 Å². The van der Waals surface area contributed by atoms with Crippen molar-refractivity contribution in [2.24, 2.45) is 0 Å². The van der Waals surface area contributed by atoms with Gasteiger partial charge in [0.05, 0.1) is 0 Å². The van der Waals surface area contributed by atoms with E-state index in [9.17, 15) is 4.79 Å². The minimum Gasteiger partial charge on any atom is -0.273 e. The minimum atomic E-state index is -0.734. The van der Waals surface area contributed by atoms with Crippen LogP contribution in [0.5, 0.6) is 0 Å². The molecule has 0 aliphatic rings. The van der Waals surface area contributed by atoms with Crippen LogP contribution in [-0.2, 0) is 0 Å². The van der Waals surface area contributed by atoms with Crippen LogP contribution < -0.4 is 5.73 Å². The molecule has 0 aromatic carbocycles. The van der Waals surface area contributed by atoms with Crippen molar-refractivity contribution in [1.82, 2.24) is 15.9 Å². The molecular formula is C4H4N3O. The molecule has 1 aromatic heterocycles. The first-order valence-corrected chi connectivity index (χ1v) is 2.06. The monoisotopic (exact) mass is 110 g/mol. The van der Waals surface area contributed by atoms with Gasteiger partial charge in [-0.25, -0.2) is 0 Å². The third-order valence-electron chi connectivity index (χ3n) is 0.745. The fourth-order valence-corrected chi connectivity index (χ4v) is 0.382. The maximum atomic E-state index is 10.1. The van der Waals surface area contributed by atoms with Crippen LogP contribution in [0.4, 0.5) is 0 Å². The van der Waals surface area contributed by atoms with E-state index < -0.39 is 5.91 Å². The Kier molecular flexibility index (Phi) is 0.997. The number of nitrogens with one attached hydrogen (secondary N) is 2. The summed E-state index contributed by atoms with van der Waals surface area (Å²) >= 11 is 0. The molecule has 1 aromatic rings. The molecule has 41 valence electrons. The van der Waals surface area contributed by atoms with Crippen LogP contribution in [0.3, 0.4) is 0 Å². The fourth-order valence-electron chi connectivity index (χ4n) is 0.382. The molecule has 1 amide bonds. The molecule has 1 heterocycles. The second-order valence-electron chi connectivity index (χ2n) is 1.30. The molecular weight excluding hydrogens is 106 g/mol. The zero-order chi connectivity index (χ0) is 5.98. The first-order chi connectivity index (χ1) is 3.80. The number of rotatable bonds is 1. The van der Waals surface area contributed by atoms with Gasteiger partial charge < -0.3 is 0 Å². The summed E-state index contributed by atoms with van der Waals surface area (Å²) in [5.74, 6) is -0.734. The van der Waals surface area contributed by atoms with Crippen molar-refractivity contribution in [3.05, 3.63) is 18.0 Å². The summed E-state index contributed by atoms with van der Waals surface area (Å²) in [6.07, 6.45) is 1.43. The highest BCUT2D eigenvalue weighted by Gasteiger charge is 1.97. The van der Waals surface area contributed by atoms with E-state index in [1.54, 1.807) is 0 Å². The average molecular weight is 110 g/mol. The highest BCUT2D eigenvalue weighted by Crippen LogP contribution is 1.87. The smallest absolute Gasteiger partial charge is 0.273 e. The molecule has 0 bridgehead atoms. The Balaban J connectivity index is 2.93. The van der Waals surface area contributed by atoms with Crippen molar-refractivity contribution in [1.29, 1.82) is 0 Å². The Bertz CT molecular complexity index is 179. The first kappa shape index (κ1) is 4.83. The molecule has 0 fully saturated rings. The lowest BCUT2D eigenvalue weighted by atomic mass is 10.4. The van der Waals surface area contributed by atoms with E-state index in [1.807, 2.05) is 0 Å². The quantitative estimate of drug-likeness (QED) is 0.545. The summed E-state index contributed by atoms with van der Waals surface area (Å²) in [4.78, 5) is 10.1. The van der Waals surface area contributed by atoms with Gasteiger partial charge in [-0.15, -0.1) is 0 Å². The summed E-state index contributed by atoms with van der Waals surface area (Å²) in [6, 6.07) is 1.45. The maximum absolute atomic E-state index is 10.1. The molecule has 4 heteroatoms. The summed E-state index contributed by atoms with van der Waals surface area (Å²) in [6.45, 7) is 0. The third kappa shape index (κ3) is 0.676. The molecule has 2 N–H and O–H groups in total. The molecule has 0 aliphatic heterocycles. The normalized spacial score (nSPS) is 9.00. The molecule has 1 radical (unpaired) electrons. The van der Waals surface area contributed by atoms with Crippen LogP contribution in [0.2, 0.25) is 0 Å². The topological polar surface area (TPSA) is 69.6 Å². The molecule has 1 rings (SSSR count). The van der Waals surface area contributed by atoms with Gasteiger partial charge in [-0.2, -0.15) is 5.10 Å². The van der Waals surface area contributed by atoms with Crippen molar-refractivity contribution in [2.75, 3.05) is 0 Å². The minimum absolute atomic E-state index is 0.227. The van der Waals surface area contributed by atoms with Gasteiger partial charge in [0.1, 0.15) is 5.69 Å². The lowest BCUT2D eigenvalue weighted by Gasteiger charge is -1.78. The van der Waals surface area contributed by atoms with E-state index in [0.29, 0.717) is 0 Å². The largest absolute Gasteiger partial charge is 0.287 e. The van der Waals surface area contributed by atoms with Gasteiger partial charge in [0.15, 0.2) is 0 Å². The van der Waals surface area contributed by atoms with Crippen LogP contribution in [0.25, 0.3) is 0 Å². The predicted molar refractivity (Wildman–Crippen MR) is 26.0 cm³/mol. The Morgan fingerprint density at radius 3 is 2.88 bits per heavy atom. The third-order valence-corrected chi connectivity index (χ3v) is 0.745. The number of carbonyl (C=O) groups excluding carboxylic acids is 1. The van der Waals surface area contributed by atoms with Crippen molar-refractivity contribution >= 4 is 5.91 Å². The first-order valence-electron chi connectivity index (χ1n) is 2.06. The number of nitrogens with zero attached hydrogens (tertiary/aromatic N) is 1. The summed E-state index contributed by atoms with van der Waals surface area (Å²) in [5, 5.41) is 5.83. The molecule has 0 unspecified atom stereocenters. The van der Waals surface area contributed by atoms with E-state index in [0.717, 1.165) is 0 Å². The van der Waals surface area contributed by atoms with Crippen molar-refractivity contribution in [2.45, 2.75) is 0 Å². The number of H-pyrrole nitrogens is 1. The zero-order valence-electron chi connectivity index (χ0n) is 4.01. The molecule has 8 heavy (non-hydrogen) atoms. The number of aromatic nitrogens is 2. The number of hydrogen-bond acceptors (Lipinski definition) is 2. The van der Waals surface area contributed by atoms with Crippen molar-refractivity contribution < 1.29 is 4.79 Å². The van der Waals surface area contributed by atoms with Crippen LogP contribution >= 0.6 is 0 Å². The number of hydrogen-bond donors (Lipinski definition) is 1. The van der Waals surface area contributed by atoms with Crippen LogP contribution in [0, 0.1) is 0 Å². The molecule has 0 saturated carbocycles. The summed E-state index contributed by atoms with van der Waals surface area (Å²) in [7, 11) is 0. The van der Waals surface area contributed by atoms with E-state index in [2.05, 4.69) is 10.2 Å². The van der Waals surface area contributed by atoms with Gasteiger partial charge in [0.25, 0.3) is 5.91 Å². The summed E-state index contributed by atoms with van der Waals surface area (Å²) < 4.78 is 0. The maximum Gasteiger partial charge on any atom is 0.287 e. The van der Waals surface area contributed by atoms with E-state index >= 15 is 0 Å². The SMILES string of the molecule is [NH]C(=O)c1ccn[nH]1. The van der Waals surface area contributed by atoms with Gasteiger partial charge in [-0.1, -0.05) is 0 Å².